The van der Waals surface area contributed by atoms with Gasteiger partial charge in [0.1, 0.15) is 11.9 Å². The Morgan fingerprint density at radius 1 is 1.25 bits per heavy atom. The van der Waals surface area contributed by atoms with E-state index in [9.17, 15) is 4.79 Å². The molecule has 1 fully saturated rings. The summed E-state index contributed by atoms with van der Waals surface area (Å²) in [4.78, 5) is 12.2. The number of ether oxygens (including phenoxy) is 1. The van der Waals surface area contributed by atoms with Crippen molar-refractivity contribution in [2.24, 2.45) is 0 Å². The van der Waals surface area contributed by atoms with Crippen LogP contribution in [0.25, 0.3) is 0 Å². The highest BCUT2D eigenvalue weighted by Gasteiger charge is 2.18. The quantitative estimate of drug-likeness (QED) is 0.869. The van der Waals surface area contributed by atoms with E-state index in [-0.39, 0.29) is 11.7 Å². The van der Waals surface area contributed by atoms with Crippen LogP contribution in [0.15, 0.2) is 39.7 Å². The predicted molar refractivity (Wildman–Crippen MR) is 99.9 cm³/mol. The molecule has 2 aromatic rings. The molecule has 1 N–H and O–H groups in total. The molecule has 0 bridgehead atoms. The fourth-order valence-electron chi connectivity index (χ4n) is 3.09. The minimum absolute atomic E-state index is 0.0143. The van der Waals surface area contributed by atoms with Crippen LogP contribution in [0.5, 0.6) is 5.75 Å². The van der Waals surface area contributed by atoms with Crippen molar-refractivity contribution in [1.29, 1.82) is 0 Å². The lowest BCUT2D eigenvalue weighted by Crippen LogP contribution is -2.34. The molecule has 1 aromatic carbocycles. The van der Waals surface area contributed by atoms with Crippen LogP contribution in [0, 0.1) is 13.8 Å². The molecule has 1 aliphatic rings. The Morgan fingerprint density at radius 3 is 2.71 bits per heavy atom. The zero-order valence-electron chi connectivity index (χ0n) is 14.1. The lowest BCUT2D eigenvalue weighted by atomic mass is 10.1. The standard InChI is InChI=1S/C19H23BrN2O2/c1-13-5-8-22(18(23)9-13)12-15-11-16(20)10-14(2)19(15)24-17-3-6-21-7-4-17/h5,8-11,17,21H,3-4,6-7,12H2,1-2H3. The van der Waals surface area contributed by atoms with E-state index in [0.29, 0.717) is 6.54 Å². The van der Waals surface area contributed by atoms with Crippen molar-refractivity contribution in [3.8, 4) is 5.75 Å². The summed E-state index contributed by atoms with van der Waals surface area (Å²) in [6.07, 6.45) is 4.11. The van der Waals surface area contributed by atoms with Gasteiger partial charge in [0.25, 0.3) is 5.56 Å². The third-order valence-electron chi connectivity index (χ3n) is 4.38. The molecule has 0 unspecified atom stereocenters. The first-order valence-electron chi connectivity index (χ1n) is 8.36. The van der Waals surface area contributed by atoms with Gasteiger partial charge in [0.15, 0.2) is 0 Å². The fourth-order valence-corrected chi connectivity index (χ4v) is 3.71. The highest BCUT2D eigenvalue weighted by Crippen LogP contribution is 2.30. The molecule has 1 saturated heterocycles. The van der Waals surface area contributed by atoms with E-state index in [1.54, 1.807) is 10.6 Å². The van der Waals surface area contributed by atoms with Gasteiger partial charge in [-0.15, -0.1) is 0 Å². The summed E-state index contributed by atoms with van der Waals surface area (Å²) in [5, 5.41) is 3.36. The van der Waals surface area contributed by atoms with Crippen LogP contribution < -0.4 is 15.6 Å². The molecule has 0 aliphatic carbocycles. The lowest BCUT2D eigenvalue weighted by Gasteiger charge is -2.26. The van der Waals surface area contributed by atoms with Crippen molar-refractivity contribution in [1.82, 2.24) is 9.88 Å². The van der Waals surface area contributed by atoms with Crippen molar-refractivity contribution >= 4 is 15.9 Å². The van der Waals surface area contributed by atoms with Crippen LogP contribution >= 0.6 is 15.9 Å². The molecule has 5 heteroatoms. The second-order valence-corrected chi connectivity index (χ2v) is 7.36. The molecule has 3 rings (SSSR count). The minimum atomic E-state index is 0.0143. The third-order valence-corrected chi connectivity index (χ3v) is 4.84. The summed E-state index contributed by atoms with van der Waals surface area (Å²) in [6, 6.07) is 7.74. The molecule has 0 radical (unpaired) electrons. The van der Waals surface area contributed by atoms with Crippen molar-refractivity contribution in [2.75, 3.05) is 13.1 Å². The summed E-state index contributed by atoms with van der Waals surface area (Å²) < 4.78 is 9.06. The molecule has 2 heterocycles. The van der Waals surface area contributed by atoms with E-state index in [4.69, 9.17) is 4.74 Å². The smallest absolute Gasteiger partial charge is 0.251 e. The average molecular weight is 391 g/mol. The highest BCUT2D eigenvalue weighted by atomic mass is 79.9. The van der Waals surface area contributed by atoms with Gasteiger partial charge in [-0.1, -0.05) is 15.9 Å². The summed E-state index contributed by atoms with van der Waals surface area (Å²) in [5.41, 5.74) is 3.12. The Kier molecular flexibility index (Phi) is 5.41. The summed E-state index contributed by atoms with van der Waals surface area (Å²) in [6.45, 7) is 6.49. The summed E-state index contributed by atoms with van der Waals surface area (Å²) >= 11 is 3.56. The Balaban J connectivity index is 1.91. The van der Waals surface area contributed by atoms with Gasteiger partial charge in [-0.05, 0) is 69.1 Å². The average Bonchev–Trinajstić information content (AvgIpc) is 2.54. The van der Waals surface area contributed by atoms with Crippen LogP contribution in [-0.4, -0.2) is 23.8 Å². The van der Waals surface area contributed by atoms with Crippen LogP contribution in [-0.2, 0) is 6.54 Å². The Labute approximate surface area is 151 Å². The summed E-state index contributed by atoms with van der Waals surface area (Å²) in [5.74, 6) is 0.914. The zero-order chi connectivity index (χ0) is 17.1. The van der Waals surface area contributed by atoms with E-state index < -0.39 is 0 Å². The van der Waals surface area contributed by atoms with E-state index >= 15 is 0 Å². The molecule has 1 aromatic heterocycles. The molecule has 24 heavy (non-hydrogen) atoms. The van der Waals surface area contributed by atoms with Gasteiger partial charge in [0.05, 0.1) is 6.54 Å². The van der Waals surface area contributed by atoms with Gasteiger partial charge in [0, 0.05) is 22.3 Å². The van der Waals surface area contributed by atoms with E-state index in [1.807, 2.05) is 19.2 Å². The molecule has 0 amide bonds. The number of nitrogens with one attached hydrogen (secondary N) is 1. The number of aromatic nitrogens is 1. The molecular weight excluding hydrogens is 368 g/mol. The number of hydrogen-bond donors (Lipinski definition) is 1. The molecule has 128 valence electrons. The Bertz CT molecular complexity index is 779. The molecule has 0 saturated carbocycles. The van der Waals surface area contributed by atoms with Gasteiger partial charge in [-0.3, -0.25) is 4.79 Å². The largest absolute Gasteiger partial charge is 0.490 e. The van der Waals surface area contributed by atoms with Crippen molar-refractivity contribution in [3.63, 3.8) is 0 Å². The number of benzene rings is 1. The number of aryl methyl sites for hydroxylation is 2. The Hall–Kier alpha value is -1.59. The molecule has 1 aliphatic heterocycles. The molecule has 0 spiro atoms. The number of rotatable bonds is 4. The first kappa shape index (κ1) is 17.2. The van der Waals surface area contributed by atoms with Crippen molar-refractivity contribution in [3.05, 3.63) is 62.0 Å². The number of hydrogen-bond acceptors (Lipinski definition) is 3. The lowest BCUT2D eigenvalue weighted by molar-refractivity contribution is 0.159. The van der Waals surface area contributed by atoms with Crippen LogP contribution in [0.4, 0.5) is 0 Å². The molecule has 0 atom stereocenters. The van der Waals surface area contributed by atoms with Crippen molar-refractivity contribution in [2.45, 2.75) is 39.3 Å². The van der Waals surface area contributed by atoms with E-state index in [1.165, 1.54) is 0 Å². The monoisotopic (exact) mass is 390 g/mol. The molecular formula is C19H23BrN2O2. The summed E-state index contributed by atoms with van der Waals surface area (Å²) in [7, 11) is 0. The fraction of sp³-hybridized carbons (Fsp3) is 0.421. The maximum absolute atomic E-state index is 12.2. The normalized spacial score (nSPS) is 15.5. The first-order chi connectivity index (χ1) is 11.5. The van der Waals surface area contributed by atoms with Crippen molar-refractivity contribution < 1.29 is 4.74 Å². The minimum Gasteiger partial charge on any atom is -0.490 e. The second kappa shape index (κ2) is 7.53. The highest BCUT2D eigenvalue weighted by molar-refractivity contribution is 9.10. The maximum Gasteiger partial charge on any atom is 0.251 e. The van der Waals surface area contributed by atoms with Gasteiger partial charge in [0.2, 0.25) is 0 Å². The van der Waals surface area contributed by atoms with Gasteiger partial charge in [-0.2, -0.15) is 0 Å². The molecule has 4 nitrogen and oxygen atoms in total. The number of piperidine rings is 1. The number of pyridine rings is 1. The zero-order valence-corrected chi connectivity index (χ0v) is 15.7. The van der Waals surface area contributed by atoms with Crippen LogP contribution in [0.1, 0.15) is 29.5 Å². The predicted octanol–water partition coefficient (Wildman–Crippen LogP) is 3.41. The van der Waals surface area contributed by atoms with Gasteiger partial charge >= 0.3 is 0 Å². The number of nitrogens with zero attached hydrogens (tertiary/aromatic N) is 1. The second-order valence-electron chi connectivity index (χ2n) is 6.45. The maximum atomic E-state index is 12.2. The van der Waals surface area contributed by atoms with E-state index in [0.717, 1.165) is 52.8 Å². The topological polar surface area (TPSA) is 43.3 Å². The first-order valence-corrected chi connectivity index (χ1v) is 9.16. The Morgan fingerprint density at radius 2 is 2.00 bits per heavy atom. The van der Waals surface area contributed by atoms with Gasteiger partial charge in [-0.25, -0.2) is 0 Å². The van der Waals surface area contributed by atoms with E-state index in [2.05, 4.69) is 40.3 Å². The van der Waals surface area contributed by atoms with Crippen LogP contribution in [0.2, 0.25) is 0 Å². The SMILES string of the molecule is Cc1ccn(Cc2cc(Br)cc(C)c2OC2CCNCC2)c(=O)c1. The van der Waals surface area contributed by atoms with Crippen LogP contribution in [0.3, 0.4) is 0 Å². The third kappa shape index (κ3) is 4.08. The van der Waals surface area contributed by atoms with Gasteiger partial charge < -0.3 is 14.6 Å². The number of halogens is 1.